The second kappa shape index (κ2) is 35.7. The highest BCUT2D eigenvalue weighted by atomic mass is 15.2. The van der Waals surface area contributed by atoms with E-state index in [1.165, 1.54) is 200 Å². The summed E-state index contributed by atoms with van der Waals surface area (Å²) in [6.07, 6.45) is 10.3. The molecule has 0 radical (unpaired) electrons. The van der Waals surface area contributed by atoms with Crippen molar-refractivity contribution >= 4 is 101 Å². The van der Waals surface area contributed by atoms with E-state index in [4.69, 9.17) is 0 Å². The molecule has 13 aromatic carbocycles. The summed E-state index contributed by atoms with van der Waals surface area (Å²) in [5.41, 5.74) is 43.2. The van der Waals surface area contributed by atoms with E-state index in [1.807, 2.05) is 0 Å². The largest absolute Gasteiger partial charge is 0.311 e. The van der Waals surface area contributed by atoms with Gasteiger partial charge in [0.2, 0.25) is 0 Å². The van der Waals surface area contributed by atoms with Gasteiger partial charge in [-0.2, -0.15) is 0 Å². The molecule has 0 saturated carbocycles. The van der Waals surface area contributed by atoms with Crippen LogP contribution in [0.15, 0.2) is 243 Å². The molecule has 0 amide bonds. The number of hydrogen-bond donors (Lipinski definition) is 0. The monoisotopic (exact) mass is 1830 g/mol. The molecule has 0 fully saturated rings. The van der Waals surface area contributed by atoms with Crippen LogP contribution in [0.5, 0.6) is 0 Å². The van der Waals surface area contributed by atoms with Crippen LogP contribution in [0.2, 0.25) is 0 Å². The number of benzene rings is 13. The number of anilines is 6. The van der Waals surface area contributed by atoms with E-state index in [0.29, 0.717) is 0 Å². The Morgan fingerprint density at radius 1 is 0.188 bits per heavy atom. The molecule has 0 spiro atoms. The maximum atomic E-state index is 2.85. The summed E-state index contributed by atoms with van der Waals surface area (Å²) < 4.78 is 5.28. The van der Waals surface area contributed by atoms with Crippen molar-refractivity contribution in [3.05, 3.63) is 304 Å². The lowest BCUT2D eigenvalue weighted by atomic mass is 9.33. The van der Waals surface area contributed by atoms with Gasteiger partial charge in [-0.25, -0.2) is 0 Å². The Bertz CT molecular complexity index is 6620. The molecule has 2 aliphatic heterocycles. The highest BCUT2D eigenvalue weighted by molar-refractivity contribution is 7.00. The lowest BCUT2D eigenvalue weighted by Gasteiger charge is -2.46. The van der Waals surface area contributed by atoms with Gasteiger partial charge in [0.1, 0.15) is 0 Å². The van der Waals surface area contributed by atoms with Crippen LogP contribution < -0.4 is 26.2 Å². The molecule has 0 saturated heterocycles. The van der Waals surface area contributed by atoms with E-state index in [0.717, 1.165) is 82.0 Å². The molecular formula is C133H161BN4. The molecule has 0 bridgehead atoms. The number of aromatic nitrogens is 2. The van der Waals surface area contributed by atoms with Gasteiger partial charge in [0.15, 0.2) is 0 Å². The lowest BCUT2D eigenvalue weighted by Crippen LogP contribution is -2.61. The lowest BCUT2D eigenvalue weighted by molar-refractivity contribution is 0.410. The molecule has 2 aliphatic rings. The minimum atomic E-state index is -0.269. The number of rotatable bonds is 19. The SMILES string of the molecule is CC(C)(C)Cc1cccc(-c2cc(N3c4cc(-n5c6ccc(CC(C)(C)C)cc6c6cc(CC(C)(C)C)ccc65)ccc4B4c5ccc(-n6c7ccc(CC(C)(C)C)cc7c7cc(CC(C)(C)C)ccc76)cc5N(c5cc(-c6cccc(CC(C)(C)C)c6)c(CC(C)(C)C)cc5-c5cccc(CC(C)(C)C)c5)c5cc(CC(C)(C)C)cc3c54)c(-c3cccc(CC(C)(C)C)c3)cc2CC(C)(C)C)c1. The van der Waals surface area contributed by atoms with Crippen LogP contribution in [-0.4, -0.2) is 15.8 Å². The van der Waals surface area contributed by atoms with Gasteiger partial charge in [-0.1, -0.05) is 362 Å². The van der Waals surface area contributed by atoms with Crippen molar-refractivity contribution in [1.29, 1.82) is 0 Å². The first kappa shape index (κ1) is 98.7. The van der Waals surface area contributed by atoms with Crippen molar-refractivity contribution in [3.8, 4) is 55.9 Å². The highest BCUT2D eigenvalue weighted by Crippen LogP contribution is 2.55. The molecule has 0 atom stereocenters. The normalized spacial score (nSPS) is 13.8. The Labute approximate surface area is 832 Å². The van der Waals surface area contributed by atoms with Crippen molar-refractivity contribution in [1.82, 2.24) is 9.13 Å². The van der Waals surface area contributed by atoms with Gasteiger partial charge < -0.3 is 18.9 Å². The fraction of sp³-hybridized carbons (Fsp3) is 0.414. The summed E-state index contributed by atoms with van der Waals surface area (Å²) in [5, 5.41) is 5.19. The van der Waals surface area contributed by atoms with Gasteiger partial charge in [-0.3, -0.25) is 0 Å². The summed E-state index contributed by atoms with van der Waals surface area (Å²) in [4.78, 5) is 5.69. The van der Waals surface area contributed by atoms with Crippen molar-refractivity contribution in [2.24, 2.45) is 59.6 Å². The zero-order valence-corrected chi connectivity index (χ0v) is 90.7. The van der Waals surface area contributed by atoms with Crippen molar-refractivity contribution in [2.45, 2.75) is 299 Å². The second-order valence-electron chi connectivity index (χ2n) is 55.7. The Morgan fingerprint density at radius 3 is 0.681 bits per heavy atom. The Kier molecular flexibility index (Phi) is 25.6. The van der Waals surface area contributed by atoms with E-state index < -0.39 is 0 Å². The maximum absolute atomic E-state index is 2.85. The first-order valence-corrected chi connectivity index (χ1v) is 52.0. The standard InChI is InChI=1S/C133H161BN4/c1-123(2,3)74-85-38-34-42-94(58-85)102-72-116(104(68-98(102)83-132(28,29)30)96-44-36-40-87(60-96)76-125(7,8)9)137-118-70-100(135-112-54-46-89(78-127(13,14)15)62-106(112)107-63-90(47-55-113(107)135)79-128(16,17)18)50-52-110(118)134-111-53-51-101(136-114-56-48-91(80-129(19,20)21)64-108(114)109-65-92(49-57-115(109)136)81-130(22,23)24)71-119(111)138(121-67-93(82-131(25,26)27)66-120(137)122(121)134)117-73-103(95-43-35-39-86(59-95)75-124(4,5)6)99(84-133(31,32)33)69-105(117)97-45-37-41-88(61-97)77-126(10,11)12/h34-73H,74-84H2,1-33H3. The molecule has 2 aromatic heterocycles. The predicted molar refractivity (Wildman–Crippen MR) is 606 cm³/mol. The molecule has 4 nitrogen and oxygen atoms in total. The molecule has 17 rings (SSSR count). The van der Waals surface area contributed by atoms with Gasteiger partial charge in [0, 0.05) is 66.8 Å². The van der Waals surface area contributed by atoms with Gasteiger partial charge in [0.05, 0.1) is 33.4 Å². The summed E-state index contributed by atoms with van der Waals surface area (Å²) in [6, 6.07) is 100. The Balaban J connectivity index is 1.08. The molecule has 0 aliphatic carbocycles. The number of hydrogen-bond acceptors (Lipinski definition) is 2. The Hall–Kier alpha value is -10.9. The smallest absolute Gasteiger partial charge is 0.252 e. The van der Waals surface area contributed by atoms with E-state index in [9.17, 15) is 0 Å². The zero-order valence-electron chi connectivity index (χ0n) is 90.7. The minimum Gasteiger partial charge on any atom is -0.311 e. The quantitative estimate of drug-likeness (QED) is 0.0750. The average Bonchev–Trinajstić information content (AvgIpc) is 0.701. The molecule has 0 unspecified atom stereocenters. The first-order valence-electron chi connectivity index (χ1n) is 52.0. The first-order chi connectivity index (χ1) is 64.1. The summed E-state index contributed by atoms with van der Waals surface area (Å²) in [5.74, 6) is 0. The molecule has 15 aromatic rings. The van der Waals surface area contributed by atoms with Crippen LogP contribution in [0, 0.1) is 59.6 Å². The zero-order chi connectivity index (χ0) is 99.4. The van der Waals surface area contributed by atoms with Crippen LogP contribution in [0.1, 0.15) is 290 Å². The van der Waals surface area contributed by atoms with Crippen LogP contribution >= 0.6 is 0 Å². The average molecular weight is 1830 g/mol. The van der Waals surface area contributed by atoms with Crippen LogP contribution in [-0.2, 0) is 70.6 Å². The van der Waals surface area contributed by atoms with Crippen LogP contribution in [0.25, 0.3) is 99.5 Å². The van der Waals surface area contributed by atoms with E-state index in [-0.39, 0.29) is 66.3 Å². The molecule has 5 heteroatoms. The fourth-order valence-electron chi connectivity index (χ4n) is 23.1. The van der Waals surface area contributed by atoms with Gasteiger partial charge >= 0.3 is 0 Å². The Morgan fingerprint density at radius 2 is 0.428 bits per heavy atom. The number of fused-ring (bicyclic) bond motifs is 10. The van der Waals surface area contributed by atoms with E-state index in [1.54, 1.807) is 0 Å². The van der Waals surface area contributed by atoms with Crippen molar-refractivity contribution in [3.63, 3.8) is 0 Å². The summed E-state index contributed by atoms with van der Waals surface area (Å²) in [6.45, 7) is 79.0. The van der Waals surface area contributed by atoms with Crippen molar-refractivity contribution < 1.29 is 0 Å². The highest BCUT2D eigenvalue weighted by Gasteiger charge is 2.46. The summed E-state index contributed by atoms with van der Waals surface area (Å²) in [7, 11) is 0. The number of nitrogens with zero attached hydrogens (tertiary/aromatic N) is 4. The van der Waals surface area contributed by atoms with E-state index >= 15 is 0 Å². The summed E-state index contributed by atoms with van der Waals surface area (Å²) >= 11 is 0. The minimum absolute atomic E-state index is 0.0388. The predicted octanol–water partition coefficient (Wildman–Crippen LogP) is 36.1. The topological polar surface area (TPSA) is 16.3 Å². The van der Waals surface area contributed by atoms with Crippen LogP contribution in [0.3, 0.4) is 0 Å². The third kappa shape index (κ3) is 22.3. The van der Waals surface area contributed by atoms with Gasteiger partial charge in [-0.05, 0) is 350 Å². The molecule has 4 heterocycles. The molecule has 716 valence electrons. The molecule has 138 heavy (non-hydrogen) atoms. The third-order valence-electron chi connectivity index (χ3n) is 27.3. The molecular weight excluding hydrogens is 1660 g/mol. The van der Waals surface area contributed by atoms with Gasteiger partial charge in [-0.15, -0.1) is 0 Å². The van der Waals surface area contributed by atoms with Gasteiger partial charge in [0.25, 0.3) is 6.71 Å². The second-order valence-corrected chi connectivity index (χ2v) is 55.7. The maximum Gasteiger partial charge on any atom is 0.252 e. The molecule has 0 N–H and O–H groups in total. The third-order valence-corrected chi connectivity index (χ3v) is 27.3. The van der Waals surface area contributed by atoms with E-state index in [2.05, 4.69) is 490 Å². The fourth-order valence-corrected chi connectivity index (χ4v) is 23.1. The van der Waals surface area contributed by atoms with Crippen LogP contribution in [0.4, 0.5) is 34.1 Å². The van der Waals surface area contributed by atoms with Crippen molar-refractivity contribution in [2.75, 3.05) is 9.80 Å².